The van der Waals surface area contributed by atoms with Gasteiger partial charge >= 0.3 is 0 Å². The van der Waals surface area contributed by atoms with E-state index in [4.69, 9.17) is 11.6 Å². The van der Waals surface area contributed by atoms with Crippen molar-refractivity contribution in [2.75, 3.05) is 6.54 Å². The van der Waals surface area contributed by atoms with E-state index in [1.54, 1.807) is 6.07 Å². The zero-order valence-corrected chi connectivity index (χ0v) is 12.3. The van der Waals surface area contributed by atoms with Crippen LogP contribution in [0, 0.1) is 5.82 Å². The molecule has 0 aromatic heterocycles. The molecule has 0 radical (unpaired) electrons. The highest BCUT2D eigenvalue weighted by molar-refractivity contribution is 6.30. The number of nitrogens with one attached hydrogen (secondary N) is 1. The minimum atomic E-state index is -0.723. The predicted molar refractivity (Wildman–Crippen MR) is 76.2 cm³/mol. The number of benzene rings is 1. The molecule has 1 heterocycles. The summed E-state index contributed by atoms with van der Waals surface area (Å²) >= 11 is 5.76. The van der Waals surface area contributed by atoms with Crippen molar-refractivity contribution in [3.63, 3.8) is 0 Å². The number of hydrogen-bond donors (Lipinski definition) is 1. The number of piperazine rings is 1. The van der Waals surface area contributed by atoms with Crippen molar-refractivity contribution in [1.29, 1.82) is 0 Å². The van der Waals surface area contributed by atoms with Gasteiger partial charge in [0.15, 0.2) is 0 Å². The molecule has 2 amide bonds. The first kappa shape index (κ1) is 14.3. The van der Waals surface area contributed by atoms with Crippen molar-refractivity contribution in [3.8, 4) is 0 Å². The topological polar surface area (TPSA) is 49.4 Å². The van der Waals surface area contributed by atoms with Gasteiger partial charge < -0.3 is 10.2 Å². The summed E-state index contributed by atoms with van der Waals surface area (Å²) < 4.78 is 13.2. The molecule has 1 saturated heterocycles. The number of amides is 2. The van der Waals surface area contributed by atoms with Crippen LogP contribution in [0.3, 0.4) is 0 Å². The molecule has 0 bridgehead atoms. The molecule has 1 aliphatic heterocycles. The van der Waals surface area contributed by atoms with Gasteiger partial charge in [-0.15, -0.1) is 0 Å². The van der Waals surface area contributed by atoms with Crippen molar-refractivity contribution in [1.82, 2.24) is 10.2 Å². The van der Waals surface area contributed by atoms with Crippen molar-refractivity contribution in [2.24, 2.45) is 0 Å². The lowest BCUT2D eigenvalue weighted by atomic mass is 9.93. The Morgan fingerprint density at radius 1 is 1.29 bits per heavy atom. The van der Waals surface area contributed by atoms with Gasteiger partial charge in [0, 0.05) is 6.54 Å². The van der Waals surface area contributed by atoms with Gasteiger partial charge in [-0.2, -0.15) is 0 Å². The second-order valence-electron chi connectivity index (χ2n) is 5.75. The maximum absolute atomic E-state index is 13.2. The van der Waals surface area contributed by atoms with Crippen LogP contribution in [0.25, 0.3) is 0 Å². The van der Waals surface area contributed by atoms with Crippen LogP contribution in [0.15, 0.2) is 18.2 Å². The third kappa shape index (κ3) is 2.62. The molecule has 3 rings (SSSR count). The van der Waals surface area contributed by atoms with E-state index in [9.17, 15) is 14.0 Å². The monoisotopic (exact) mass is 310 g/mol. The van der Waals surface area contributed by atoms with Gasteiger partial charge in [0.25, 0.3) is 0 Å². The Kier molecular flexibility index (Phi) is 3.61. The maximum atomic E-state index is 13.2. The fourth-order valence-electron chi connectivity index (χ4n) is 3.21. The van der Waals surface area contributed by atoms with E-state index in [2.05, 4.69) is 5.32 Å². The van der Waals surface area contributed by atoms with Gasteiger partial charge in [-0.05, 0) is 30.5 Å². The van der Waals surface area contributed by atoms with Gasteiger partial charge in [-0.25, -0.2) is 4.39 Å². The summed E-state index contributed by atoms with van der Waals surface area (Å²) in [6.45, 7) is 0.309. The molecule has 112 valence electrons. The molecule has 1 aromatic carbocycles. The molecule has 1 aromatic rings. The van der Waals surface area contributed by atoms with Crippen molar-refractivity contribution in [3.05, 3.63) is 34.6 Å². The summed E-state index contributed by atoms with van der Waals surface area (Å²) in [5, 5.41) is 2.89. The first-order valence-corrected chi connectivity index (χ1v) is 7.42. The lowest BCUT2D eigenvalue weighted by Crippen LogP contribution is -2.65. The van der Waals surface area contributed by atoms with E-state index in [1.807, 2.05) is 0 Å². The van der Waals surface area contributed by atoms with Crippen molar-refractivity contribution in [2.45, 2.75) is 37.8 Å². The van der Waals surface area contributed by atoms with E-state index in [0.29, 0.717) is 12.8 Å². The van der Waals surface area contributed by atoms with Crippen LogP contribution in [-0.2, 0) is 16.1 Å². The Bertz CT molecular complexity index is 599. The Balaban J connectivity index is 1.82. The highest BCUT2D eigenvalue weighted by atomic mass is 35.5. The quantitative estimate of drug-likeness (QED) is 0.911. The highest BCUT2D eigenvalue weighted by Crippen LogP contribution is 2.33. The van der Waals surface area contributed by atoms with E-state index >= 15 is 0 Å². The minimum absolute atomic E-state index is 0.0250. The molecule has 1 spiro atoms. The minimum Gasteiger partial charge on any atom is -0.340 e. The second kappa shape index (κ2) is 5.30. The van der Waals surface area contributed by atoms with Gasteiger partial charge in [-0.3, -0.25) is 9.59 Å². The van der Waals surface area contributed by atoms with Crippen LogP contribution >= 0.6 is 11.6 Å². The number of carbonyl (C=O) groups is 2. The zero-order chi connectivity index (χ0) is 15.0. The van der Waals surface area contributed by atoms with Crippen molar-refractivity contribution >= 4 is 23.4 Å². The standard InChI is InChI=1S/C15H16ClFN2O2/c16-11-7-10(3-4-12(11)17)8-19-9-13(20)18-15(14(19)21)5-1-2-6-15/h3-4,7H,1-2,5-6,8-9H2,(H,18,20). The fourth-order valence-corrected chi connectivity index (χ4v) is 3.41. The molecule has 21 heavy (non-hydrogen) atoms. The fraction of sp³-hybridized carbons (Fsp3) is 0.467. The summed E-state index contributed by atoms with van der Waals surface area (Å²) in [5.74, 6) is -0.667. The SMILES string of the molecule is O=C1CN(Cc2ccc(F)c(Cl)c2)C(=O)C2(CCCC2)N1. The molecule has 4 nitrogen and oxygen atoms in total. The Hall–Kier alpha value is -1.62. The predicted octanol–water partition coefficient (Wildman–Crippen LogP) is 2.25. The molecular weight excluding hydrogens is 295 g/mol. The lowest BCUT2D eigenvalue weighted by molar-refractivity contribution is -0.150. The third-order valence-corrected chi connectivity index (χ3v) is 4.51. The number of carbonyl (C=O) groups excluding carboxylic acids is 2. The molecule has 2 aliphatic rings. The summed E-state index contributed by atoms with van der Waals surface area (Å²) in [4.78, 5) is 26.1. The van der Waals surface area contributed by atoms with Crippen LogP contribution in [-0.4, -0.2) is 28.8 Å². The third-order valence-electron chi connectivity index (χ3n) is 4.22. The van der Waals surface area contributed by atoms with Gasteiger partial charge in [0.2, 0.25) is 11.8 Å². The van der Waals surface area contributed by atoms with Gasteiger partial charge in [0.05, 0.1) is 11.6 Å². The average Bonchev–Trinajstić information content (AvgIpc) is 2.89. The Morgan fingerprint density at radius 3 is 2.67 bits per heavy atom. The van der Waals surface area contributed by atoms with Crippen LogP contribution in [0.5, 0.6) is 0 Å². The molecule has 0 unspecified atom stereocenters. The van der Waals surface area contributed by atoms with Gasteiger partial charge in [-0.1, -0.05) is 30.5 Å². The summed E-state index contributed by atoms with van der Waals surface area (Å²) in [6.07, 6.45) is 3.28. The van der Waals surface area contributed by atoms with Crippen molar-refractivity contribution < 1.29 is 14.0 Å². The number of halogens is 2. The molecular formula is C15H16ClFN2O2. The normalized spacial score (nSPS) is 21.0. The number of nitrogens with zero attached hydrogens (tertiary/aromatic N) is 1. The van der Waals surface area contributed by atoms with Gasteiger partial charge in [0.1, 0.15) is 11.4 Å². The largest absolute Gasteiger partial charge is 0.340 e. The zero-order valence-electron chi connectivity index (χ0n) is 11.5. The van der Waals surface area contributed by atoms with Crippen LogP contribution < -0.4 is 5.32 Å². The molecule has 1 aliphatic carbocycles. The van der Waals surface area contributed by atoms with Crippen LogP contribution in [0.4, 0.5) is 4.39 Å². The van der Waals surface area contributed by atoms with Crippen LogP contribution in [0.2, 0.25) is 5.02 Å². The van der Waals surface area contributed by atoms with Crippen LogP contribution in [0.1, 0.15) is 31.2 Å². The summed E-state index contributed by atoms with van der Waals surface area (Å²) in [7, 11) is 0. The first-order chi connectivity index (χ1) is 10.00. The molecule has 2 fully saturated rings. The summed E-state index contributed by atoms with van der Waals surface area (Å²) in [5.41, 5.74) is -0.00306. The maximum Gasteiger partial charge on any atom is 0.249 e. The molecule has 1 N–H and O–H groups in total. The molecule has 1 saturated carbocycles. The first-order valence-electron chi connectivity index (χ1n) is 7.04. The number of rotatable bonds is 2. The highest BCUT2D eigenvalue weighted by Gasteiger charge is 2.48. The number of hydrogen-bond acceptors (Lipinski definition) is 2. The Morgan fingerprint density at radius 2 is 2.00 bits per heavy atom. The van der Waals surface area contributed by atoms with E-state index in [-0.39, 0.29) is 29.9 Å². The lowest BCUT2D eigenvalue weighted by Gasteiger charge is -2.39. The van der Waals surface area contributed by atoms with E-state index < -0.39 is 11.4 Å². The molecule has 6 heteroatoms. The molecule has 0 atom stereocenters. The summed E-state index contributed by atoms with van der Waals surface area (Å²) in [6, 6.07) is 4.36. The van der Waals surface area contributed by atoms with E-state index in [1.165, 1.54) is 17.0 Å². The average molecular weight is 311 g/mol. The second-order valence-corrected chi connectivity index (χ2v) is 6.15. The van der Waals surface area contributed by atoms with E-state index in [0.717, 1.165) is 18.4 Å². The smallest absolute Gasteiger partial charge is 0.249 e. The Labute approximate surface area is 127 Å².